The predicted octanol–water partition coefficient (Wildman–Crippen LogP) is 3.03. The number of hydrogen-bond donors (Lipinski definition) is 2. The minimum atomic E-state index is -1.08. The fourth-order valence-corrected chi connectivity index (χ4v) is 1.98. The maximum Gasteiger partial charge on any atom is 0.355 e. The number of aromatic carboxylic acids is 1. The van der Waals surface area contributed by atoms with Crippen molar-refractivity contribution >= 4 is 28.1 Å². The number of carboxylic acids is 1. The Morgan fingerprint density at radius 1 is 1.53 bits per heavy atom. The van der Waals surface area contributed by atoms with Crippen LogP contribution in [0.25, 0.3) is 0 Å². The molecule has 1 heterocycles. The van der Waals surface area contributed by atoms with Crippen LogP contribution >= 0.6 is 11.3 Å². The van der Waals surface area contributed by atoms with Crippen LogP contribution in [0.5, 0.6) is 0 Å². The number of hydrogen-bond acceptors (Lipinski definition) is 4. The molecule has 2 aromatic rings. The van der Waals surface area contributed by atoms with Crippen molar-refractivity contribution in [2.75, 3.05) is 5.32 Å². The molecule has 0 radical (unpaired) electrons. The first kappa shape index (κ1) is 11.5. The van der Waals surface area contributed by atoms with E-state index in [-0.39, 0.29) is 11.5 Å². The topological polar surface area (TPSA) is 62.2 Å². The SMILES string of the molecule is Cc1c(F)cccc1Nc1nc(C(=O)O)cs1. The van der Waals surface area contributed by atoms with Gasteiger partial charge in [-0.3, -0.25) is 0 Å². The Morgan fingerprint density at radius 2 is 2.29 bits per heavy atom. The average Bonchev–Trinajstić information content (AvgIpc) is 2.73. The maximum atomic E-state index is 13.3. The van der Waals surface area contributed by atoms with Gasteiger partial charge in [0.25, 0.3) is 0 Å². The summed E-state index contributed by atoms with van der Waals surface area (Å²) in [4.78, 5) is 14.5. The number of thiazole rings is 1. The number of nitrogens with zero attached hydrogens (tertiary/aromatic N) is 1. The van der Waals surface area contributed by atoms with Crippen molar-refractivity contribution in [2.24, 2.45) is 0 Å². The second-order valence-electron chi connectivity index (χ2n) is 3.38. The largest absolute Gasteiger partial charge is 0.476 e. The van der Waals surface area contributed by atoms with Gasteiger partial charge >= 0.3 is 5.97 Å². The van der Waals surface area contributed by atoms with Crippen molar-refractivity contribution in [2.45, 2.75) is 6.92 Å². The Morgan fingerprint density at radius 3 is 2.94 bits per heavy atom. The molecule has 17 heavy (non-hydrogen) atoms. The van der Waals surface area contributed by atoms with Gasteiger partial charge in [0.05, 0.1) is 0 Å². The summed E-state index contributed by atoms with van der Waals surface area (Å²) >= 11 is 1.16. The molecule has 0 bridgehead atoms. The number of rotatable bonds is 3. The van der Waals surface area contributed by atoms with E-state index in [0.29, 0.717) is 16.4 Å². The van der Waals surface area contributed by atoms with Crippen molar-refractivity contribution < 1.29 is 14.3 Å². The molecule has 0 amide bonds. The minimum absolute atomic E-state index is 0.0217. The molecule has 1 aromatic heterocycles. The summed E-state index contributed by atoms with van der Waals surface area (Å²) < 4.78 is 13.3. The minimum Gasteiger partial charge on any atom is -0.476 e. The molecule has 2 N–H and O–H groups in total. The first-order valence-corrected chi connectivity index (χ1v) is 5.67. The zero-order valence-electron chi connectivity index (χ0n) is 8.90. The van der Waals surface area contributed by atoms with E-state index in [2.05, 4.69) is 10.3 Å². The molecule has 0 atom stereocenters. The Labute approximate surface area is 101 Å². The van der Waals surface area contributed by atoms with Crippen molar-refractivity contribution in [1.82, 2.24) is 4.98 Å². The van der Waals surface area contributed by atoms with Crippen molar-refractivity contribution in [1.29, 1.82) is 0 Å². The summed E-state index contributed by atoms with van der Waals surface area (Å²) in [5, 5.41) is 13.5. The fourth-order valence-electron chi connectivity index (χ4n) is 1.29. The molecule has 1 aromatic carbocycles. The molecule has 0 aliphatic rings. The van der Waals surface area contributed by atoms with E-state index in [9.17, 15) is 9.18 Å². The lowest BCUT2D eigenvalue weighted by Crippen LogP contribution is -1.98. The van der Waals surface area contributed by atoms with E-state index in [1.54, 1.807) is 19.1 Å². The number of anilines is 2. The van der Waals surface area contributed by atoms with Crippen LogP contribution in [0.4, 0.5) is 15.2 Å². The third-order valence-corrected chi connectivity index (χ3v) is 2.99. The van der Waals surface area contributed by atoms with E-state index in [1.807, 2.05) is 0 Å². The van der Waals surface area contributed by atoms with Crippen LogP contribution < -0.4 is 5.32 Å². The molecule has 6 heteroatoms. The molecular formula is C11H9FN2O2S. The monoisotopic (exact) mass is 252 g/mol. The quantitative estimate of drug-likeness (QED) is 0.881. The van der Waals surface area contributed by atoms with Gasteiger partial charge in [-0.1, -0.05) is 6.07 Å². The standard InChI is InChI=1S/C11H9FN2O2S/c1-6-7(12)3-2-4-8(6)13-11-14-9(5-17-11)10(15)16/h2-5H,1H3,(H,13,14)(H,15,16). The zero-order chi connectivity index (χ0) is 12.4. The number of carboxylic acid groups (broad SMARTS) is 1. The summed E-state index contributed by atoms with van der Waals surface area (Å²) in [6, 6.07) is 4.65. The Kier molecular flexibility index (Phi) is 3.06. The summed E-state index contributed by atoms with van der Waals surface area (Å²) in [6.07, 6.45) is 0. The Balaban J connectivity index is 2.25. The summed E-state index contributed by atoms with van der Waals surface area (Å²) in [7, 11) is 0. The van der Waals surface area contributed by atoms with Crippen LogP contribution in [0, 0.1) is 12.7 Å². The van der Waals surface area contributed by atoms with Crippen LogP contribution in [0.3, 0.4) is 0 Å². The molecular weight excluding hydrogens is 243 g/mol. The highest BCUT2D eigenvalue weighted by molar-refractivity contribution is 7.14. The molecule has 4 nitrogen and oxygen atoms in total. The van der Waals surface area contributed by atoms with Crippen LogP contribution in [0.15, 0.2) is 23.6 Å². The predicted molar refractivity (Wildman–Crippen MR) is 63.5 cm³/mol. The summed E-state index contributed by atoms with van der Waals surface area (Å²) in [5.41, 5.74) is 1.03. The number of nitrogens with one attached hydrogen (secondary N) is 1. The molecule has 0 fully saturated rings. The van der Waals surface area contributed by atoms with Crippen LogP contribution in [0.1, 0.15) is 16.1 Å². The first-order chi connectivity index (χ1) is 8.08. The van der Waals surface area contributed by atoms with Crippen molar-refractivity contribution in [3.05, 3.63) is 40.7 Å². The lowest BCUT2D eigenvalue weighted by Gasteiger charge is -2.06. The van der Waals surface area contributed by atoms with Gasteiger partial charge in [-0.25, -0.2) is 14.2 Å². The third-order valence-electron chi connectivity index (χ3n) is 2.23. The normalized spacial score (nSPS) is 10.2. The van der Waals surface area contributed by atoms with Gasteiger partial charge in [-0.2, -0.15) is 0 Å². The average molecular weight is 252 g/mol. The van der Waals surface area contributed by atoms with Gasteiger partial charge in [0.1, 0.15) is 5.82 Å². The lowest BCUT2D eigenvalue weighted by atomic mass is 10.2. The number of carbonyl (C=O) groups is 1. The number of halogens is 1. The summed E-state index contributed by atoms with van der Waals surface area (Å²) in [6.45, 7) is 1.64. The fraction of sp³-hybridized carbons (Fsp3) is 0.0909. The second-order valence-corrected chi connectivity index (χ2v) is 4.24. The second kappa shape index (κ2) is 4.50. The van der Waals surface area contributed by atoms with Gasteiger partial charge in [-0.15, -0.1) is 11.3 Å². The van der Waals surface area contributed by atoms with Gasteiger partial charge < -0.3 is 10.4 Å². The third kappa shape index (κ3) is 2.42. The van der Waals surface area contributed by atoms with Crippen molar-refractivity contribution in [3.8, 4) is 0 Å². The molecule has 0 saturated carbocycles. The first-order valence-electron chi connectivity index (χ1n) is 4.79. The van der Waals surface area contributed by atoms with Crippen LogP contribution in [-0.4, -0.2) is 16.1 Å². The Bertz CT molecular complexity index is 568. The van der Waals surface area contributed by atoms with Gasteiger partial charge in [0.15, 0.2) is 10.8 Å². The number of aromatic nitrogens is 1. The lowest BCUT2D eigenvalue weighted by molar-refractivity contribution is 0.0691. The van der Waals surface area contributed by atoms with E-state index >= 15 is 0 Å². The Hall–Kier alpha value is -1.95. The maximum absolute atomic E-state index is 13.3. The van der Waals surface area contributed by atoms with Crippen LogP contribution in [0.2, 0.25) is 0 Å². The van der Waals surface area contributed by atoms with Gasteiger partial charge in [0.2, 0.25) is 0 Å². The molecule has 0 unspecified atom stereocenters. The van der Waals surface area contributed by atoms with E-state index in [1.165, 1.54) is 11.4 Å². The molecule has 0 aliphatic carbocycles. The van der Waals surface area contributed by atoms with Gasteiger partial charge in [-0.05, 0) is 19.1 Å². The highest BCUT2D eigenvalue weighted by Crippen LogP contribution is 2.24. The van der Waals surface area contributed by atoms with Crippen molar-refractivity contribution in [3.63, 3.8) is 0 Å². The van der Waals surface area contributed by atoms with E-state index < -0.39 is 5.97 Å². The highest BCUT2D eigenvalue weighted by atomic mass is 32.1. The van der Waals surface area contributed by atoms with Gasteiger partial charge in [0, 0.05) is 16.6 Å². The molecule has 2 rings (SSSR count). The zero-order valence-corrected chi connectivity index (χ0v) is 9.71. The number of benzene rings is 1. The highest BCUT2D eigenvalue weighted by Gasteiger charge is 2.10. The summed E-state index contributed by atoms with van der Waals surface area (Å²) in [5.74, 6) is -1.39. The molecule has 0 saturated heterocycles. The van der Waals surface area contributed by atoms with E-state index in [0.717, 1.165) is 11.3 Å². The molecule has 0 aliphatic heterocycles. The molecule has 88 valence electrons. The van der Waals surface area contributed by atoms with Crippen LogP contribution in [-0.2, 0) is 0 Å². The van der Waals surface area contributed by atoms with E-state index in [4.69, 9.17) is 5.11 Å². The molecule has 0 spiro atoms. The smallest absolute Gasteiger partial charge is 0.355 e.